The van der Waals surface area contributed by atoms with Crippen LogP contribution in [0.15, 0.2) is 12.2 Å². The van der Waals surface area contributed by atoms with Crippen molar-refractivity contribution in [2.24, 2.45) is 0 Å². The molecule has 0 fully saturated rings. The molecule has 2 N–H and O–H groups in total. The van der Waals surface area contributed by atoms with E-state index in [2.05, 4.69) is 20.4 Å². The van der Waals surface area contributed by atoms with E-state index in [9.17, 15) is 0 Å². The molecule has 0 bridgehead atoms. The lowest BCUT2D eigenvalue weighted by atomic mass is 10.2. The van der Waals surface area contributed by atoms with Crippen molar-refractivity contribution in [3.8, 4) is 0 Å². The van der Waals surface area contributed by atoms with Crippen LogP contribution in [0.25, 0.3) is 0 Å². The van der Waals surface area contributed by atoms with Gasteiger partial charge in [0.2, 0.25) is 0 Å². The number of aliphatic hydroxyl groups excluding tert-OH is 2. The molecule has 11 heavy (non-hydrogen) atoms. The highest BCUT2D eigenvalue weighted by Gasteiger charge is 1.83. The van der Waals surface area contributed by atoms with E-state index in [-0.39, 0.29) is 6.61 Å². The molecule has 0 amide bonds. The molecule has 0 aromatic rings. The van der Waals surface area contributed by atoms with Crippen LogP contribution in [-0.4, -0.2) is 22.9 Å². The predicted molar refractivity (Wildman–Crippen MR) is 48.5 cm³/mol. The molecule has 0 spiro atoms. The second kappa shape index (κ2) is 9.66. The van der Waals surface area contributed by atoms with Gasteiger partial charge < -0.3 is 10.2 Å². The van der Waals surface area contributed by atoms with Crippen LogP contribution >= 0.6 is 0 Å². The maximum absolute atomic E-state index is 8.11. The quantitative estimate of drug-likeness (QED) is 0.617. The Hall–Kier alpha value is -0.340. The molecular weight excluding hydrogens is 140 g/mol. The number of allylic oxidation sites excluding steroid dienone is 1. The van der Waals surface area contributed by atoms with Gasteiger partial charge in [0, 0.05) is 0 Å². The van der Waals surface area contributed by atoms with Gasteiger partial charge in [-0.05, 0) is 20.3 Å². The lowest BCUT2D eigenvalue weighted by Gasteiger charge is -1.90. The zero-order valence-corrected chi connectivity index (χ0v) is 7.80. The van der Waals surface area contributed by atoms with Crippen molar-refractivity contribution in [1.29, 1.82) is 0 Å². The molecule has 0 saturated carbocycles. The summed E-state index contributed by atoms with van der Waals surface area (Å²) in [6, 6.07) is 0. The SMILES string of the molecule is C=C(C)CCC.CC(O)CO. The summed E-state index contributed by atoms with van der Waals surface area (Å²) in [5.41, 5.74) is 1.29. The third kappa shape index (κ3) is 26.1. The summed E-state index contributed by atoms with van der Waals surface area (Å²) in [5, 5.41) is 16.0. The number of aliphatic hydroxyl groups is 2. The van der Waals surface area contributed by atoms with Gasteiger partial charge >= 0.3 is 0 Å². The Morgan fingerprint density at radius 2 is 1.91 bits per heavy atom. The van der Waals surface area contributed by atoms with Crippen molar-refractivity contribution < 1.29 is 10.2 Å². The normalized spacial score (nSPS) is 11.4. The fraction of sp³-hybridized carbons (Fsp3) is 0.778. The molecule has 0 aromatic heterocycles. The zero-order chi connectivity index (χ0) is 9.28. The zero-order valence-electron chi connectivity index (χ0n) is 7.80. The van der Waals surface area contributed by atoms with E-state index in [0.717, 1.165) is 0 Å². The summed E-state index contributed by atoms with van der Waals surface area (Å²) >= 11 is 0. The molecule has 0 saturated heterocycles. The van der Waals surface area contributed by atoms with Gasteiger partial charge in [-0.25, -0.2) is 0 Å². The van der Waals surface area contributed by atoms with Gasteiger partial charge in [-0.3, -0.25) is 0 Å². The van der Waals surface area contributed by atoms with Crippen LogP contribution in [0.5, 0.6) is 0 Å². The lowest BCUT2D eigenvalue weighted by Crippen LogP contribution is -2.03. The van der Waals surface area contributed by atoms with Gasteiger partial charge in [0.15, 0.2) is 0 Å². The second-order valence-electron chi connectivity index (χ2n) is 2.74. The minimum Gasteiger partial charge on any atom is -0.394 e. The standard InChI is InChI=1S/C6H12.C3H8O2/c1-4-5-6(2)3;1-3(5)2-4/h2,4-5H2,1,3H3;3-5H,2H2,1H3. The highest BCUT2D eigenvalue weighted by molar-refractivity contribution is 4.86. The Bertz CT molecular complexity index is 87.6. The summed E-state index contributed by atoms with van der Waals surface area (Å²) in [7, 11) is 0. The van der Waals surface area contributed by atoms with Crippen LogP contribution in [0, 0.1) is 0 Å². The fourth-order valence-corrected chi connectivity index (χ4v) is 0.427. The van der Waals surface area contributed by atoms with Crippen LogP contribution in [0.3, 0.4) is 0 Å². The average Bonchev–Trinajstić information content (AvgIpc) is 1.89. The topological polar surface area (TPSA) is 40.5 Å². The number of rotatable bonds is 3. The van der Waals surface area contributed by atoms with Crippen molar-refractivity contribution >= 4 is 0 Å². The minimum atomic E-state index is -0.560. The number of hydrogen-bond acceptors (Lipinski definition) is 2. The highest BCUT2D eigenvalue weighted by Crippen LogP contribution is 1.96. The van der Waals surface area contributed by atoms with Gasteiger partial charge in [0.05, 0.1) is 12.7 Å². The molecule has 0 rings (SSSR count). The number of hydrogen-bond donors (Lipinski definition) is 2. The van der Waals surface area contributed by atoms with Crippen molar-refractivity contribution in [2.45, 2.75) is 39.7 Å². The summed E-state index contributed by atoms with van der Waals surface area (Å²) < 4.78 is 0. The monoisotopic (exact) mass is 160 g/mol. The maximum atomic E-state index is 8.11. The maximum Gasteiger partial charge on any atom is 0.0742 e. The van der Waals surface area contributed by atoms with Crippen molar-refractivity contribution in [1.82, 2.24) is 0 Å². The van der Waals surface area contributed by atoms with Crippen LogP contribution in [-0.2, 0) is 0 Å². The molecule has 2 nitrogen and oxygen atoms in total. The van der Waals surface area contributed by atoms with Gasteiger partial charge in [-0.2, -0.15) is 0 Å². The Labute approximate surface area is 69.6 Å². The Kier molecular flexibility index (Phi) is 11.6. The molecule has 0 heterocycles. The van der Waals surface area contributed by atoms with Crippen LogP contribution in [0.4, 0.5) is 0 Å². The van der Waals surface area contributed by atoms with Crippen molar-refractivity contribution in [3.63, 3.8) is 0 Å². The van der Waals surface area contributed by atoms with Crippen LogP contribution in [0.2, 0.25) is 0 Å². The molecule has 0 aliphatic carbocycles. The van der Waals surface area contributed by atoms with Gasteiger partial charge in [0.1, 0.15) is 0 Å². The summed E-state index contributed by atoms with van der Waals surface area (Å²) in [4.78, 5) is 0. The van der Waals surface area contributed by atoms with Crippen molar-refractivity contribution in [3.05, 3.63) is 12.2 Å². The first-order chi connectivity index (χ1) is 5.04. The first kappa shape index (κ1) is 13.3. The van der Waals surface area contributed by atoms with E-state index < -0.39 is 6.10 Å². The van der Waals surface area contributed by atoms with E-state index in [1.807, 2.05) is 0 Å². The lowest BCUT2D eigenvalue weighted by molar-refractivity contribution is 0.110. The Balaban J connectivity index is 0. The summed E-state index contributed by atoms with van der Waals surface area (Å²) in [6.45, 7) is 9.35. The van der Waals surface area contributed by atoms with Crippen LogP contribution < -0.4 is 0 Å². The molecule has 0 aromatic carbocycles. The van der Waals surface area contributed by atoms with E-state index in [1.165, 1.54) is 25.3 Å². The van der Waals surface area contributed by atoms with E-state index in [4.69, 9.17) is 10.2 Å². The van der Waals surface area contributed by atoms with E-state index in [1.54, 1.807) is 0 Å². The van der Waals surface area contributed by atoms with E-state index in [0.29, 0.717) is 0 Å². The second-order valence-corrected chi connectivity index (χ2v) is 2.74. The van der Waals surface area contributed by atoms with Gasteiger partial charge in [-0.1, -0.05) is 18.9 Å². The average molecular weight is 160 g/mol. The summed E-state index contributed by atoms with van der Waals surface area (Å²) in [5.74, 6) is 0. The Morgan fingerprint density at radius 3 is 1.91 bits per heavy atom. The summed E-state index contributed by atoms with van der Waals surface area (Å²) in [6.07, 6.45) is 1.85. The first-order valence-corrected chi connectivity index (χ1v) is 3.97. The van der Waals surface area contributed by atoms with Crippen LogP contribution in [0.1, 0.15) is 33.6 Å². The fourth-order valence-electron chi connectivity index (χ4n) is 0.427. The molecule has 0 radical (unpaired) electrons. The molecule has 1 unspecified atom stereocenters. The van der Waals surface area contributed by atoms with Gasteiger partial charge in [-0.15, -0.1) is 6.58 Å². The first-order valence-electron chi connectivity index (χ1n) is 3.97. The molecule has 1 atom stereocenters. The predicted octanol–water partition coefficient (Wildman–Crippen LogP) is 1.72. The Morgan fingerprint density at radius 1 is 1.55 bits per heavy atom. The third-order valence-corrected chi connectivity index (χ3v) is 0.941. The smallest absolute Gasteiger partial charge is 0.0742 e. The molecular formula is C9H20O2. The highest BCUT2D eigenvalue weighted by atomic mass is 16.3. The molecule has 2 heteroatoms. The third-order valence-electron chi connectivity index (χ3n) is 0.941. The molecule has 68 valence electrons. The van der Waals surface area contributed by atoms with Crippen molar-refractivity contribution in [2.75, 3.05) is 6.61 Å². The molecule has 0 aliphatic heterocycles. The largest absolute Gasteiger partial charge is 0.394 e. The van der Waals surface area contributed by atoms with Gasteiger partial charge in [0.25, 0.3) is 0 Å². The van der Waals surface area contributed by atoms with E-state index >= 15 is 0 Å². The minimum absolute atomic E-state index is 0.139. The molecule has 0 aliphatic rings.